The van der Waals surface area contributed by atoms with E-state index in [4.69, 9.17) is 5.73 Å². The van der Waals surface area contributed by atoms with Crippen LogP contribution in [-0.4, -0.2) is 15.2 Å². The first-order valence-electron chi connectivity index (χ1n) is 5.13. The van der Waals surface area contributed by atoms with Gasteiger partial charge < -0.3 is 11.1 Å². The van der Waals surface area contributed by atoms with Crippen LogP contribution in [0, 0.1) is 13.8 Å². The Hall–Kier alpha value is -2.37. The third kappa shape index (κ3) is 2.41. The van der Waals surface area contributed by atoms with Crippen LogP contribution in [0.5, 0.6) is 0 Å². The third-order valence-corrected chi connectivity index (χ3v) is 2.49. The molecule has 4 N–H and O–H groups in total. The molecule has 0 radical (unpaired) electrons. The second kappa shape index (κ2) is 4.25. The minimum Gasteiger partial charge on any atom is -0.379 e. The van der Waals surface area contributed by atoms with Crippen LogP contribution in [0.2, 0.25) is 0 Å². The number of nitrogens with zero attached hydrogens (tertiary/aromatic N) is 2. The summed E-state index contributed by atoms with van der Waals surface area (Å²) in [5.74, 6) is 0.164. The Balaban J connectivity index is 2.28. The number of nitrogen functional groups attached to an aromatic ring is 1. The highest BCUT2D eigenvalue weighted by Gasteiger charge is 2.02. The molecule has 0 aliphatic rings. The number of hydrogen-bond donors (Lipinski definition) is 3. The molecule has 0 aliphatic carbocycles. The molecule has 1 aromatic heterocycles. The monoisotopic (exact) mass is 231 g/mol. The molecule has 0 atom stereocenters. The number of nitrogens with two attached hydrogens (primary N) is 1. The average molecular weight is 231 g/mol. The Kier molecular flexibility index (Phi) is 2.78. The molecule has 1 heterocycles. The maximum absolute atomic E-state index is 11.0. The van der Waals surface area contributed by atoms with E-state index in [2.05, 4.69) is 20.5 Å². The summed E-state index contributed by atoms with van der Waals surface area (Å²) < 4.78 is 0. The molecule has 0 spiro atoms. The zero-order valence-corrected chi connectivity index (χ0v) is 9.61. The smallest absolute Gasteiger partial charge is 0.306 e. The molecule has 0 saturated carbocycles. The van der Waals surface area contributed by atoms with Crippen molar-refractivity contribution >= 4 is 17.5 Å². The van der Waals surface area contributed by atoms with Gasteiger partial charge >= 0.3 is 5.56 Å². The number of aromatic amines is 1. The first kappa shape index (κ1) is 11.1. The Bertz CT molecular complexity index is 605. The van der Waals surface area contributed by atoms with Crippen LogP contribution in [-0.2, 0) is 0 Å². The van der Waals surface area contributed by atoms with Crippen LogP contribution in [0.3, 0.4) is 0 Å². The van der Waals surface area contributed by atoms with Gasteiger partial charge in [-0.05, 0) is 37.1 Å². The van der Waals surface area contributed by atoms with Gasteiger partial charge in [0, 0.05) is 5.69 Å². The van der Waals surface area contributed by atoms with Gasteiger partial charge in [0.2, 0.25) is 5.95 Å². The van der Waals surface area contributed by atoms with Gasteiger partial charge in [0.15, 0.2) is 5.82 Å². The fourth-order valence-electron chi connectivity index (χ4n) is 1.36. The molecular formula is C11H13N5O. The van der Waals surface area contributed by atoms with E-state index < -0.39 is 5.56 Å². The second-order valence-corrected chi connectivity index (χ2v) is 3.80. The van der Waals surface area contributed by atoms with Crippen molar-refractivity contribution in [2.24, 2.45) is 0 Å². The molecule has 0 bridgehead atoms. The van der Waals surface area contributed by atoms with E-state index in [0.717, 1.165) is 11.3 Å². The van der Waals surface area contributed by atoms with E-state index in [1.807, 2.05) is 32.0 Å². The van der Waals surface area contributed by atoms with Crippen LogP contribution < -0.4 is 16.6 Å². The maximum atomic E-state index is 11.0. The number of rotatable bonds is 2. The van der Waals surface area contributed by atoms with Crippen LogP contribution >= 0.6 is 0 Å². The largest absolute Gasteiger partial charge is 0.379 e. The average Bonchev–Trinajstić information content (AvgIpc) is 2.29. The Morgan fingerprint density at radius 2 is 2.06 bits per heavy atom. The van der Waals surface area contributed by atoms with Crippen molar-refractivity contribution in [3.05, 3.63) is 39.7 Å². The normalized spacial score (nSPS) is 10.2. The van der Waals surface area contributed by atoms with Gasteiger partial charge in [-0.1, -0.05) is 6.07 Å². The SMILES string of the molecule is Cc1ccc(Nc2n[nH]c(=O)c(N)n2)cc1C. The van der Waals surface area contributed by atoms with Crippen molar-refractivity contribution in [1.82, 2.24) is 15.2 Å². The summed E-state index contributed by atoms with van der Waals surface area (Å²) >= 11 is 0. The maximum Gasteiger partial charge on any atom is 0.306 e. The number of aryl methyl sites for hydroxylation is 2. The zero-order valence-electron chi connectivity index (χ0n) is 9.61. The summed E-state index contributed by atoms with van der Waals surface area (Å²) in [6.07, 6.45) is 0. The molecule has 6 heteroatoms. The number of benzene rings is 1. The van der Waals surface area contributed by atoms with Gasteiger partial charge in [0.25, 0.3) is 0 Å². The molecule has 2 rings (SSSR count). The van der Waals surface area contributed by atoms with Gasteiger partial charge in [0.1, 0.15) is 0 Å². The summed E-state index contributed by atoms with van der Waals surface area (Å²) in [6.45, 7) is 4.05. The van der Waals surface area contributed by atoms with Crippen molar-refractivity contribution in [2.75, 3.05) is 11.1 Å². The number of aromatic nitrogens is 3. The summed E-state index contributed by atoms with van der Waals surface area (Å²) in [5, 5.41) is 8.97. The lowest BCUT2D eigenvalue weighted by molar-refractivity contribution is 0.948. The summed E-state index contributed by atoms with van der Waals surface area (Å²) in [7, 11) is 0. The lowest BCUT2D eigenvalue weighted by Crippen LogP contribution is -2.17. The molecule has 6 nitrogen and oxygen atoms in total. The highest BCUT2D eigenvalue weighted by molar-refractivity contribution is 5.55. The quantitative estimate of drug-likeness (QED) is 0.719. The molecule has 0 fully saturated rings. The Labute approximate surface area is 97.9 Å². The topological polar surface area (TPSA) is 96.7 Å². The summed E-state index contributed by atoms with van der Waals surface area (Å²) in [5.41, 5.74) is 8.12. The molecule has 88 valence electrons. The van der Waals surface area contributed by atoms with Gasteiger partial charge in [-0.15, -0.1) is 5.10 Å². The van der Waals surface area contributed by atoms with E-state index in [-0.39, 0.29) is 11.8 Å². The minimum absolute atomic E-state index is 0.105. The second-order valence-electron chi connectivity index (χ2n) is 3.80. The number of H-pyrrole nitrogens is 1. The lowest BCUT2D eigenvalue weighted by Gasteiger charge is -2.06. The molecule has 0 aliphatic heterocycles. The van der Waals surface area contributed by atoms with E-state index in [0.29, 0.717) is 0 Å². The predicted octanol–water partition coefficient (Wildman–Crippen LogP) is 1.11. The van der Waals surface area contributed by atoms with E-state index in [1.165, 1.54) is 5.56 Å². The summed E-state index contributed by atoms with van der Waals surface area (Å²) in [4.78, 5) is 14.8. The van der Waals surface area contributed by atoms with Crippen molar-refractivity contribution in [2.45, 2.75) is 13.8 Å². The van der Waals surface area contributed by atoms with Crippen LogP contribution in [0.1, 0.15) is 11.1 Å². The molecule has 0 unspecified atom stereocenters. The molecule has 2 aromatic rings. The molecule has 0 saturated heterocycles. The fraction of sp³-hybridized carbons (Fsp3) is 0.182. The molecule has 1 aromatic carbocycles. The van der Waals surface area contributed by atoms with Crippen molar-refractivity contribution in [1.29, 1.82) is 0 Å². The minimum atomic E-state index is -0.490. The number of hydrogen-bond acceptors (Lipinski definition) is 5. The first-order valence-corrected chi connectivity index (χ1v) is 5.13. The predicted molar refractivity (Wildman–Crippen MR) is 66.3 cm³/mol. The Morgan fingerprint density at radius 1 is 1.29 bits per heavy atom. The van der Waals surface area contributed by atoms with Gasteiger partial charge in [0.05, 0.1) is 0 Å². The van der Waals surface area contributed by atoms with Gasteiger partial charge in [-0.25, -0.2) is 5.10 Å². The van der Waals surface area contributed by atoms with Crippen molar-refractivity contribution in [3.63, 3.8) is 0 Å². The molecular weight excluding hydrogens is 218 g/mol. The zero-order chi connectivity index (χ0) is 12.4. The van der Waals surface area contributed by atoms with E-state index in [9.17, 15) is 4.79 Å². The van der Waals surface area contributed by atoms with Gasteiger partial charge in [-0.3, -0.25) is 4.79 Å². The third-order valence-electron chi connectivity index (χ3n) is 2.49. The molecule has 17 heavy (non-hydrogen) atoms. The van der Waals surface area contributed by atoms with E-state index in [1.54, 1.807) is 0 Å². The van der Waals surface area contributed by atoms with Crippen molar-refractivity contribution in [3.8, 4) is 0 Å². The number of nitrogens with one attached hydrogen (secondary N) is 2. The van der Waals surface area contributed by atoms with E-state index >= 15 is 0 Å². The first-order chi connectivity index (χ1) is 8.06. The number of anilines is 3. The van der Waals surface area contributed by atoms with Crippen molar-refractivity contribution < 1.29 is 0 Å². The highest BCUT2D eigenvalue weighted by Crippen LogP contribution is 2.16. The fourth-order valence-corrected chi connectivity index (χ4v) is 1.36. The highest BCUT2D eigenvalue weighted by atomic mass is 16.1. The standard InChI is InChI=1S/C11H13N5O/c1-6-3-4-8(5-7(6)2)13-11-14-9(12)10(17)15-16-11/h3-5H,1-2H3,(H,15,17)(H3,12,13,14,16). The Morgan fingerprint density at radius 3 is 2.71 bits per heavy atom. The lowest BCUT2D eigenvalue weighted by atomic mass is 10.1. The van der Waals surface area contributed by atoms with Gasteiger partial charge in [-0.2, -0.15) is 4.98 Å². The van der Waals surface area contributed by atoms with Crippen LogP contribution in [0.15, 0.2) is 23.0 Å². The van der Waals surface area contributed by atoms with Crippen LogP contribution in [0.25, 0.3) is 0 Å². The van der Waals surface area contributed by atoms with Crippen LogP contribution in [0.4, 0.5) is 17.5 Å². The molecule has 0 amide bonds. The summed E-state index contributed by atoms with van der Waals surface area (Å²) in [6, 6.07) is 5.87.